The van der Waals surface area contributed by atoms with E-state index in [1.165, 1.54) is 27.5 Å². The van der Waals surface area contributed by atoms with Crippen molar-refractivity contribution in [3.05, 3.63) is 115 Å². The maximum absolute atomic E-state index is 13.2. The molecule has 0 unspecified atom stereocenters. The predicted molar refractivity (Wildman–Crippen MR) is 113 cm³/mol. The van der Waals surface area contributed by atoms with Crippen molar-refractivity contribution in [3.63, 3.8) is 0 Å². The van der Waals surface area contributed by atoms with E-state index in [2.05, 4.69) is 4.98 Å². The van der Waals surface area contributed by atoms with Gasteiger partial charge in [0, 0.05) is 24.9 Å². The third-order valence-corrected chi connectivity index (χ3v) is 4.92. The van der Waals surface area contributed by atoms with Crippen molar-refractivity contribution in [1.29, 1.82) is 0 Å². The third kappa shape index (κ3) is 3.75. The maximum atomic E-state index is 13.2. The van der Waals surface area contributed by atoms with Gasteiger partial charge in [-0.05, 0) is 29.7 Å². The number of fused-ring (bicyclic) bond motifs is 1. The summed E-state index contributed by atoms with van der Waals surface area (Å²) in [7, 11) is 0. The zero-order valence-corrected chi connectivity index (χ0v) is 16.0. The van der Waals surface area contributed by atoms with Crippen LogP contribution in [-0.2, 0) is 19.5 Å². The Labute approximate surface area is 170 Å². The summed E-state index contributed by atoms with van der Waals surface area (Å²) in [6.45, 7) is 0.303. The van der Waals surface area contributed by atoms with Gasteiger partial charge in [-0.15, -0.1) is 0 Å². The normalized spacial score (nSPS) is 10.9. The van der Waals surface area contributed by atoms with E-state index in [-0.39, 0.29) is 24.3 Å². The summed E-state index contributed by atoms with van der Waals surface area (Å²) in [5, 5.41) is 11.1. The first-order valence-electron chi connectivity index (χ1n) is 9.40. The van der Waals surface area contributed by atoms with Crippen LogP contribution in [0.15, 0.2) is 82.5 Å². The van der Waals surface area contributed by atoms with E-state index in [9.17, 15) is 19.7 Å². The molecule has 0 saturated heterocycles. The van der Waals surface area contributed by atoms with E-state index in [0.717, 1.165) is 5.56 Å². The van der Waals surface area contributed by atoms with Crippen LogP contribution in [0.4, 0.5) is 5.69 Å². The molecule has 0 bridgehead atoms. The highest BCUT2D eigenvalue weighted by atomic mass is 16.6. The highest BCUT2D eigenvalue weighted by molar-refractivity contribution is 5.73. The first-order valence-corrected chi connectivity index (χ1v) is 9.40. The van der Waals surface area contributed by atoms with Crippen LogP contribution in [-0.4, -0.2) is 19.0 Å². The van der Waals surface area contributed by atoms with Crippen LogP contribution in [0.2, 0.25) is 0 Å². The molecule has 0 aliphatic heterocycles. The van der Waals surface area contributed by atoms with Gasteiger partial charge in [0.05, 0.1) is 17.0 Å². The Morgan fingerprint density at radius 3 is 2.43 bits per heavy atom. The molecule has 2 aromatic heterocycles. The van der Waals surface area contributed by atoms with E-state index in [0.29, 0.717) is 17.5 Å². The fourth-order valence-corrected chi connectivity index (χ4v) is 3.43. The third-order valence-electron chi connectivity index (χ3n) is 4.92. The maximum Gasteiger partial charge on any atom is 0.331 e. The molecule has 0 radical (unpaired) electrons. The lowest BCUT2D eigenvalue weighted by atomic mass is 10.1. The largest absolute Gasteiger partial charge is 0.331 e. The van der Waals surface area contributed by atoms with Gasteiger partial charge in [-0.1, -0.05) is 42.5 Å². The van der Waals surface area contributed by atoms with Gasteiger partial charge in [-0.2, -0.15) is 0 Å². The average Bonchev–Trinajstić information content (AvgIpc) is 2.77. The van der Waals surface area contributed by atoms with Crippen molar-refractivity contribution >= 4 is 16.7 Å². The van der Waals surface area contributed by atoms with Crippen LogP contribution in [0.5, 0.6) is 0 Å². The first kappa shape index (κ1) is 19.3. The van der Waals surface area contributed by atoms with E-state index in [1.54, 1.807) is 24.3 Å². The number of rotatable bonds is 6. The number of nitro groups is 1. The quantitative estimate of drug-likeness (QED) is 0.365. The van der Waals surface area contributed by atoms with Crippen molar-refractivity contribution in [2.24, 2.45) is 0 Å². The molecule has 4 aromatic rings. The molecule has 2 heterocycles. The highest BCUT2D eigenvalue weighted by Crippen LogP contribution is 2.15. The smallest absolute Gasteiger partial charge is 0.287 e. The molecule has 2 aromatic carbocycles. The van der Waals surface area contributed by atoms with Crippen molar-refractivity contribution in [3.8, 4) is 0 Å². The van der Waals surface area contributed by atoms with Crippen LogP contribution in [0, 0.1) is 10.1 Å². The van der Waals surface area contributed by atoms with Crippen LogP contribution < -0.4 is 11.2 Å². The Bertz CT molecular complexity index is 1340. The number of aromatic nitrogens is 3. The zero-order valence-electron chi connectivity index (χ0n) is 16.0. The number of nitrogens with zero attached hydrogens (tertiary/aromatic N) is 4. The zero-order chi connectivity index (χ0) is 21.1. The Morgan fingerprint density at radius 1 is 0.900 bits per heavy atom. The molecule has 4 rings (SSSR count). The molecule has 30 heavy (non-hydrogen) atoms. The number of pyridine rings is 1. The van der Waals surface area contributed by atoms with Crippen LogP contribution in [0.1, 0.15) is 11.1 Å². The lowest BCUT2D eigenvalue weighted by molar-refractivity contribution is -0.384. The van der Waals surface area contributed by atoms with E-state index < -0.39 is 16.2 Å². The van der Waals surface area contributed by atoms with Gasteiger partial charge < -0.3 is 0 Å². The number of hydrogen-bond acceptors (Lipinski definition) is 5. The molecule has 0 saturated carbocycles. The molecule has 8 heteroatoms. The molecule has 0 N–H and O–H groups in total. The molecular weight excluding hydrogens is 384 g/mol. The molecule has 0 amide bonds. The minimum Gasteiger partial charge on any atom is -0.287 e. The standard InChI is InChI=1S/C22H18N4O4/c27-21-20-19(10-5-12-23-20)25(15-17-8-4-9-18(14-17)26(29)30)22(28)24(21)13-11-16-6-2-1-3-7-16/h1-10,12,14H,11,13,15H2. The second-order valence-electron chi connectivity index (χ2n) is 6.86. The van der Waals surface area contributed by atoms with Crippen molar-refractivity contribution in [2.75, 3.05) is 0 Å². The van der Waals surface area contributed by atoms with E-state index in [1.807, 2.05) is 30.3 Å². The molecule has 0 aliphatic carbocycles. The Hall–Kier alpha value is -4.07. The van der Waals surface area contributed by atoms with Gasteiger partial charge in [0.25, 0.3) is 11.2 Å². The van der Waals surface area contributed by atoms with Crippen LogP contribution in [0.3, 0.4) is 0 Å². The van der Waals surface area contributed by atoms with Crippen molar-refractivity contribution < 1.29 is 4.92 Å². The van der Waals surface area contributed by atoms with Gasteiger partial charge in [-0.25, -0.2) is 9.78 Å². The van der Waals surface area contributed by atoms with Crippen LogP contribution >= 0.6 is 0 Å². The summed E-state index contributed by atoms with van der Waals surface area (Å²) in [4.78, 5) is 40.9. The molecule has 0 fully saturated rings. The number of hydrogen-bond donors (Lipinski definition) is 0. The molecule has 0 atom stereocenters. The summed E-state index contributed by atoms with van der Waals surface area (Å²) in [6.07, 6.45) is 2.03. The van der Waals surface area contributed by atoms with Gasteiger partial charge in [-0.3, -0.25) is 24.0 Å². The summed E-state index contributed by atoms with van der Waals surface area (Å²) in [5.41, 5.74) is 1.22. The minimum atomic E-state index is -0.479. The first-order chi connectivity index (χ1) is 14.5. The molecule has 0 spiro atoms. The SMILES string of the molecule is O=c1c2ncccc2n(Cc2cccc([N+](=O)[O-])c2)c(=O)n1CCc1ccccc1. The number of nitro benzene ring substituents is 1. The van der Waals surface area contributed by atoms with E-state index in [4.69, 9.17) is 0 Å². The summed E-state index contributed by atoms with van der Waals surface area (Å²) < 4.78 is 2.62. The monoisotopic (exact) mass is 402 g/mol. The average molecular weight is 402 g/mol. The van der Waals surface area contributed by atoms with Crippen molar-refractivity contribution in [2.45, 2.75) is 19.5 Å². The lowest BCUT2D eigenvalue weighted by Crippen LogP contribution is -2.41. The van der Waals surface area contributed by atoms with E-state index >= 15 is 0 Å². The van der Waals surface area contributed by atoms with Gasteiger partial charge in [0.2, 0.25) is 0 Å². The number of benzene rings is 2. The van der Waals surface area contributed by atoms with Gasteiger partial charge in [0.1, 0.15) is 0 Å². The molecule has 8 nitrogen and oxygen atoms in total. The predicted octanol–water partition coefficient (Wildman–Crippen LogP) is 2.76. The molecule has 150 valence electrons. The summed E-state index contributed by atoms with van der Waals surface area (Å²) in [6, 6.07) is 19.0. The Kier molecular flexibility index (Phi) is 5.21. The van der Waals surface area contributed by atoms with Crippen LogP contribution in [0.25, 0.3) is 11.0 Å². The number of non-ortho nitro benzene ring substituents is 1. The molecular formula is C22H18N4O4. The van der Waals surface area contributed by atoms with Crippen molar-refractivity contribution in [1.82, 2.24) is 14.1 Å². The number of aryl methyl sites for hydroxylation is 1. The Balaban J connectivity index is 1.80. The van der Waals surface area contributed by atoms with Gasteiger partial charge >= 0.3 is 5.69 Å². The Morgan fingerprint density at radius 2 is 1.67 bits per heavy atom. The second kappa shape index (κ2) is 8.12. The fourth-order valence-electron chi connectivity index (χ4n) is 3.43. The van der Waals surface area contributed by atoms with Gasteiger partial charge in [0.15, 0.2) is 5.52 Å². The fraction of sp³-hybridized carbons (Fsp3) is 0.136. The second-order valence-corrected chi connectivity index (χ2v) is 6.86. The summed E-state index contributed by atoms with van der Waals surface area (Å²) >= 11 is 0. The topological polar surface area (TPSA) is 100 Å². The highest BCUT2D eigenvalue weighted by Gasteiger charge is 2.15. The summed E-state index contributed by atoms with van der Waals surface area (Å²) in [5.74, 6) is 0. The molecule has 0 aliphatic rings. The lowest BCUT2D eigenvalue weighted by Gasteiger charge is -2.14. The minimum absolute atomic E-state index is 0.0552.